The van der Waals surface area contributed by atoms with Crippen molar-refractivity contribution in [3.63, 3.8) is 0 Å². The Morgan fingerprint density at radius 1 is 1.13 bits per heavy atom. The summed E-state index contributed by atoms with van der Waals surface area (Å²) >= 11 is 5.48. The number of nitrogens with zero attached hydrogens (tertiary/aromatic N) is 4. The van der Waals surface area contributed by atoms with Gasteiger partial charge in [0.1, 0.15) is 6.04 Å². The van der Waals surface area contributed by atoms with Gasteiger partial charge in [0.25, 0.3) is 4.84 Å². The van der Waals surface area contributed by atoms with Crippen molar-refractivity contribution < 1.29 is 9.21 Å². The molecule has 1 N–H and O–H groups in total. The second-order valence-electron chi connectivity index (χ2n) is 7.74. The predicted octanol–water partition coefficient (Wildman–Crippen LogP) is 3.90. The first-order chi connectivity index (χ1) is 15.0. The van der Waals surface area contributed by atoms with Gasteiger partial charge in [0.05, 0.1) is 23.6 Å². The molecule has 8 heteroatoms. The number of fused-ring (bicyclic) bond motifs is 1. The zero-order valence-electron chi connectivity index (χ0n) is 17.4. The SMILES string of the molecule is Cc1nn(-c2ccccc2)c(C)c1C1C(=O)NCCN1Cn1c(=S)oc2ccccc21. The van der Waals surface area contributed by atoms with Gasteiger partial charge in [-0.2, -0.15) is 5.10 Å². The number of hydrogen-bond acceptors (Lipinski definition) is 5. The summed E-state index contributed by atoms with van der Waals surface area (Å²) in [6.07, 6.45) is 0. The highest BCUT2D eigenvalue weighted by Gasteiger charge is 2.36. The zero-order valence-corrected chi connectivity index (χ0v) is 18.2. The van der Waals surface area contributed by atoms with Crippen molar-refractivity contribution in [2.24, 2.45) is 0 Å². The third-order valence-corrected chi connectivity index (χ3v) is 6.13. The number of oxazole rings is 1. The molecular formula is C23H23N5O2S. The van der Waals surface area contributed by atoms with Gasteiger partial charge in [0, 0.05) is 24.3 Å². The van der Waals surface area contributed by atoms with Crippen LogP contribution in [0.5, 0.6) is 0 Å². The lowest BCUT2D eigenvalue weighted by Gasteiger charge is -2.35. The molecule has 0 radical (unpaired) electrons. The number of piperazine rings is 1. The van der Waals surface area contributed by atoms with Crippen molar-refractivity contribution in [3.05, 3.63) is 76.4 Å². The van der Waals surface area contributed by atoms with Crippen molar-refractivity contribution in [2.75, 3.05) is 13.1 Å². The van der Waals surface area contributed by atoms with E-state index >= 15 is 0 Å². The van der Waals surface area contributed by atoms with E-state index in [0.717, 1.165) is 33.7 Å². The van der Waals surface area contributed by atoms with Crippen molar-refractivity contribution >= 4 is 29.2 Å². The van der Waals surface area contributed by atoms with E-state index in [9.17, 15) is 4.79 Å². The van der Waals surface area contributed by atoms with Gasteiger partial charge in [-0.05, 0) is 50.3 Å². The summed E-state index contributed by atoms with van der Waals surface area (Å²) in [4.78, 5) is 15.6. The Kier molecular flexibility index (Phi) is 4.95. The summed E-state index contributed by atoms with van der Waals surface area (Å²) < 4.78 is 9.61. The number of rotatable bonds is 4. The monoisotopic (exact) mass is 433 g/mol. The van der Waals surface area contributed by atoms with Crippen molar-refractivity contribution in [2.45, 2.75) is 26.6 Å². The van der Waals surface area contributed by atoms with Crippen LogP contribution in [0.4, 0.5) is 0 Å². The van der Waals surface area contributed by atoms with Crippen LogP contribution in [0.3, 0.4) is 0 Å². The molecule has 1 fully saturated rings. The number of nitrogens with one attached hydrogen (secondary N) is 1. The second-order valence-corrected chi connectivity index (χ2v) is 8.09. The fourth-order valence-corrected chi connectivity index (χ4v) is 4.63. The van der Waals surface area contributed by atoms with Gasteiger partial charge in [-0.15, -0.1) is 0 Å². The van der Waals surface area contributed by atoms with E-state index in [1.54, 1.807) is 0 Å². The zero-order chi connectivity index (χ0) is 21.5. The van der Waals surface area contributed by atoms with E-state index in [1.807, 2.05) is 77.7 Å². The Labute approximate surface area is 184 Å². The van der Waals surface area contributed by atoms with Gasteiger partial charge in [-0.3, -0.25) is 14.3 Å². The summed E-state index contributed by atoms with van der Waals surface area (Å²) in [5.41, 5.74) is 5.37. The predicted molar refractivity (Wildman–Crippen MR) is 121 cm³/mol. The molecule has 1 aliphatic heterocycles. The molecule has 0 bridgehead atoms. The molecule has 4 aromatic rings. The molecule has 2 aromatic carbocycles. The van der Waals surface area contributed by atoms with E-state index in [4.69, 9.17) is 21.7 Å². The Morgan fingerprint density at radius 3 is 2.68 bits per heavy atom. The molecule has 0 saturated carbocycles. The standard InChI is InChI=1S/C23H23N5O2S/c1-15-20(16(2)28(25-15)17-8-4-3-5-9-17)21-22(29)24-12-13-26(21)14-27-18-10-6-7-11-19(18)30-23(27)31/h3-11,21H,12-14H2,1-2H3,(H,24,29). The van der Waals surface area contributed by atoms with Crippen LogP contribution in [0.1, 0.15) is 23.0 Å². The highest BCUT2D eigenvalue weighted by molar-refractivity contribution is 7.71. The molecule has 158 valence electrons. The highest BCUT2D eigenvalue weighted by Crippen LogP contribution is 2.31. The van der Waals surface area contributed by atoms with Crippen molar-refractivity contribution in [3.8, 4) is 5.69 Å². The van der Waals surface area contributed by atoms with Crippen LogP contribution in [0.25, 0.3) is 16.8 Å². The molecule has 2 aromatic heterocycles. The fraction of sp³-hybridized carbons (Fsp3) is 0.261. The van der Waals surface area contributed by atoms with Crippen molar-refractivity contribution in [1.82, 2.24) is 24.6 Å². The molecule has 1 unspecified atom stereocenters. The highest BCUT2D eigenvalue weighted by atomic mass is 32.1. The normalized spacial score (nSPS) is 17.2. The maximum Gasteiger partial charge on any atom is 0.270 e. The van der Waals surface area contributed by atoms with Crippen LogP contribution >= 0.6 is 12.2 Å². The summed E-state index contributed by atoms with van der Waals surface area (Å²) in [6, 6.07) is 17.3. The first kappa shape index (κ1) is 19.7. The van der Waals surface area contributed by atoms with Gasteiger partial charge in [-0.25, -0.2) is 4.68 Å². The Hall–Kier alpha value is -3.23. The summed E-state index contributed by atoms with van der Waals surface area (Å²) in [5.74, 6) is -0.0237. The fourth-order valence-electron chi connectivity index (χ4n) is 4.38. The third kappa shape index (κ3) is 3.37. The topological polar surface area (TPSA) is 68.2 Å². The number of amides is 1. The van der Waals surface area contributed by atoms with Crippen LogP contribution < -0.4 is 5.32 Å². The van der Waals surface area contributed by atoms with Crippen LogP contribution in [0.15, 0.2) is 59.0 Å². The van der Waals surface area contributed by atoms with Crippen LogP contribution in [-0.4, -0.2) is 38.2 Å². The maximum atomic E-state index is 13.1. The third-order valence-electron chi connectivity index (χ3n) is 5.83. The lowest BCUT2D eigenvalue weighted by atomic mass is 10.0. The lowest BCUT2D eigenvalue weighted by molar-refractivity contribution is -0.130. The van der Waals surface area contributed by atoms with Gasteiger partial charge >= 0.3 is 0 Å². The van der Waals surface area contributed by atoms with E-state index in [1.165, 1.54) is 0 Å². The molecule has 31 heavy (non-hydrogen) atoms. The number of aryl methyl sites for hydroxylation is 1. The Bertz CT molecular complexity index is 1320. The number of benzene rings is 2. The summed E-state index contributed by atoms with van der Waals surface area (Å²) in [7, 11) is 0. The van der Waals surface area contributed by atoms with E-state index in [-0.39, 0.29) is 5.91 Å². The first-order valence-corrected chi connectivity index (χ1v) is 10.7. The molecule has 1 atom stereocenters. The minimum Gasteiger partial charge on any atom is -0.429 e. The molecular weight excluding hydrogens is 410 g/mol. The molecule has 0 spiro atoms. The molecule has 1 saturated heterocycles. The Morgan fingerprint density at radius 2 is 1.87 bits per heavy atom. The van der Waals surface area contributed by atoms with E-state index in [2.05, 4.69) is 10.2 Å². The van der Waals surface area contributed by atoms with Crippen LogP contribution in [0.2, 0.25) is 0 Å². The minimum atomic E-state index is -0.457. The smallest absolute Gasteiger partial charge is 0.270 e. The van der Waals surface area contributed by atoms with E-state index < -0.39 is 6.04 Å². The van der Waals surface area contributed by atoms with Gasteiger partial charge in [0.2, 0.25) is 5.91 Å². The average molecular weight is 434 g/mol. The van der Waals surface area contributed by atoms with Gasteiger partial charge in [0.15, 0.2) is 5.58 Å². The number of carbonyl (C=O) groups excluding carboxylic acids is 1. The summed E-state index contributed by atoms with van der Waals surface area (Å²) in [6.45, 7) is 5.72. The molecule has 7 nitrogen and oxygen atoms in total. The maximum absolute atomic E-state index is 13.1. The lowest BCUT2D eigenvalue weighted by Crippen LogP contribution is -2.50. The Balaban J connectivity index is 1.57. The molecule has 1 aliphatic rings. The number of para-hydroxylation sites is 3. The number of hydrogen-bond donors (Lipinski definition) is 1. The first-order valence-electron chi connectivity index (χ1n) is 10.3. The largest absolute Gasteiger partial charge is 0.429 e. The van der Waals surface area contributed by atoms with Crippen LogP contribution in [-0.2, 0) is 11.5 Å². The quantitative estimate of drug-likeness (QED) is 0.495. The van der Waals surface area contributed by atoms with E-state index in [0.29, 0.717) is 24.6 Å². The average Bonchev–Trinajstić information content (AvgIpc) is 3.25. The van der Waals surface area contributed by atoms with Crippen LogP contribution in [0, 0.1) is 18.7 Å². The molecule has 3 heterocycles. The molecule has 0 aliphatic carbocycles. The molecule has 5 rings (SSSR count). The number of carbonyl (C=O) groups is 1. The van der Waals surface area contributed by atoms with Gasteiger partial charge < -0.3 is 9.73 Å². The number of aromatic nitrogens is 3. The molecule has 1 amide bonds. The van der Waals surface area contributed by atoms with Crippen molar-refractivity contribution in [1.29, 1.82) is 0 Å². The minimum absolute atomic E-state index is 0.0237. The van der Waals surface area contributed by atoms with Gasteiger partial charge in [-0.1, -0.05) is 30.3 Å². The summed E-state index contributed by atoms with van der Waals surface area (Å²) in [5, 5.41) is 7.77. The second kappa shape index (κ2) is 7.79.